The number of aromatic nitrogens is 1. The van der Waals surface area contributed by atoms with Crippen LogP contribution in [0.3, 0.4) is 0 Å². The third-order valence-electron chi connectivity index (χ3n) is 5.39. The lowest BCUT2D eigenvalue weighted by Gasteiger charge is -2.19. The topological polar surface area (TPSA) is 57.5 Å². The Bertz CT molecular complexity index is 1490. The quantitative estimate of drug-likeness (QED) is 0.194. The van der Waals surface area contributed by atoms with Crippen molar-refractivity contribution in [1.29, 1.82) is 0 Å². The minimum absolute atomic E-state index is 0.381. The Balaban J connectivity index is 0.00000205. The summed E-state index contributed by atoms with van der Waals surface area (Å²) in [5, 5.41) is 1.86. The van der Waals surface area contributed by atoms with Crippen molar-refractivity contribution in [2.45, 2.75) is 56.6 Å². The number of esters is 2. The molecule has 0 unspecified atom stereocenters. The van der Waals surface area contributed by atoms with Crippen molar-refractivity contribution in [3.05, 3.63) is 92.0 Å². The summed E-state index contributed by atoms with van der Waals surface area (Å²) in [6.07, 6.45) is 0. The van der Waals surface area contributed by atoms with Gasteiger partial charge in [0.25, 0.3) is 0 Å². The summed E-state index contributed by atoms with van der Waals surface area (Å²) in [5.74, 6) is -0.819. The first-order valence-corrected chi connectivity index (χ1v) is 14.7. The molecule has 0 aliphatic rings. The molecule has 0 spiro atoms. The van der Waals surface area contributed by atoms with Crippen LogP contribution in [0.4, 0.5) is 0 Å². The van der Waals surface area contributed by atoms with Gasteiger partial charge in [-0.2, -0.15) is 0 Å². The molecular weight excluding hydrogens is 621 g/mol. The van der Waals surface area contributed by atoms with Crippen molar-refractivity contribution in [2.75, 3.05) is 7.11 Å². The van der Waals surface area contributed by atoms with E-state index in [2.05, 4.69) is 15.9 Å². The Morgan fingerprint density at radius 1 is 0.897 bits per heavy atom. The highest BCUT2D eigenvalue weighted by molar-refractivity contribution is 9.10. The van der Waals surface area contributed by atoms with E-state index in [0.29, 0.717) is 27.8 Å². The SMILES string of the molecule is CC.COC(=O)c1cc2c(Br)cc(Sc3ccc(Cl)c(Cl)c3)cc2n1Cc1ccc(C(=O)OC(C)(C)C)cc1. The Morgan fingerprint density at radius 2 is 1.56 bits per heavy atom. The van der Waals surface area contributed by atoms with E-state index in [9.17, 15) is 9.59 Å². The molecule has 4 aromatic rings. The summed E-state index contributed by atoms with van der Waals surface area (Å²) in [6, 6.07) is 18.5. The molecular formula is C30H30BrCl2NO4S. The van der Waals surface area contributed by atoms with Crippen molar-refractivity contribution in [1.82, 2.24) is 4.57 Å². The zero-order valence-corrected chi connectivity index (χ0v) is 26.5. The van der Waals surface area contributed by atoms with Gasteiger partial charge in [-0.15, -0.1) is 0 Å². The third kappa shape index (κ3) is 7.82. The Labute approximate surface area is 251 Å². The van der Waals surface area contributed by atoms with Crippen molar-refractivity contribution in [2.24, 2.45) is 0 Å². The van der Waals surface area contributed by atoms with E-state index in [1.165, 1.54) is 18.9 Å². The summed E-state index contributed by atoms with van der Waals surface area (Å²) in [7, 11) is 1.36. The molecule has 0 aliphatic heterocycles. The molecule has 0 atom stereocenters. The predicted octanol–water partition coefficient (Wildman–Crippen LogP) is 9.68. The number of halogens is 3. The first-order chi connectivity index (χ1) is 18.4. The van der Waals surface area contributed by atoms with Gasteiger partial charge in [0.15, 0.2) is 0 Å². The number of hydrogen-bond acceptors (Lipinski definition) is 5. The molecule has 1 heterocycles. The van der Waals surface area contributed by atoms with E-state index >= 15 is 0 Å². The van der Waals surface area contributed by atoms with Crippen LogP contribution in [0.2, 0.25) is 10.0 Å². The number of hydrogen-bond donors (Lipinski definition) is 0. The lowest BCUT2D eigenvalue weighted by Crippen LogP contribution is -2.23. The van der Waals surface area contributed by atoms with Crippen LogP contribution in [0.15, 0.2) is 74.9 Å². The van der Waals surface area contributed by atoms with Crippen molar-refractivity contribution < 1.29 is 19.1 Å². The molecule has 206 valence electrons. The van der Waals surface area contributed by atoms with Gasteiger partial charge in [-0.1, -0.05) is 76.9 Å². The van der Waals surface area contributed by atoms with Crippen LogP contribution in [-0.2, 0) is 16.0 Å². The average molecular weight is 651 g/mol. The molecule has 0 saturated carbocycles. The van der Waals surface area contributed by atoms with Crippen molar-refractivity contribution in [3.8, 4) is 0 Å². The maximum absolute atomic E-state index is 12.7. The smallest absolute Gasteiger partial charge is 0.354 e. The first-order valence-electron chi connectivity index (χ1n) is 12.3. The summed E-state index contributed by atoms with van der Waals surface area (Å²) < 4.78 is 13.3. The minimum atomic E-state index is -0.574. The fourth-order valence-electron chi connectivity index (χ4n) is 3.73. The summed E-state index contributed by atoms with van der Waals surface area (Å²) in [4.78, 5) is 27.0. The molecule has 4 rings (SSSR count). The number of benzene rings is 3. The van der Waals surface area contributed by atoms with Crippen molar-refractivity contribution >= 4 is 73.7 Å². The normalized spacial score (nSPS) is 11.1. The fraction of sp³-hybridized carbons (Fsp3) is 0.267. The number of carbonyl (C=O) groups excluding carboxylic acids is 2. The molecule has 1 aromatic heterocycles. The van der Waals surface area contributed by atoms with E-state index in [1.54, 1.807) is 18.2 Å². The molecule has 9 heteroatoms. The number of fused-ring (bicyclic) bond motifs is 1. The van der Waals surface area contributed by atoms with Crippen LogP contribution in [0.5, 0.6) is 0 Å². The van der Waals surface area contributed by atoms with Gasteiger partial charge >= 0.3 is 11.9 Å². The van der Waals surface area contributed by atoms with Crippen LogP contribution in [0.1, 0.15) is 61.0 Å². The summed E-state index contributed by atoms with van der Waals surface area (Å²) >= 11 is 17.5. The Kier molecular flexibility index (Phi) is 10.6. The summed E-state index contributed by atoms with van der Waals surface area (Å²) in [6.45, 7) is 9.89. The number of ether oxygens (including phenoxy) is 2. The molecule has 0 radical (unpaired) electrons. The second-order valence-electron chi connectivity index (χ2n) is 9.32. The van der Waals surface area contributed by atoms with Gasteiger partial charge < -0.3 is 14.0 Å². The number of methoxy groups -OCH3 is 1. The fourth-order valence-corrected chi connectivity index (χ4v) is 5.75. The standard InChI is InChI=1S/C28H24BrCl2NO4S.C2H6/c1-28(2,3)36-26(33)17-7-5-16(6-8-17)15-32-24-13-19(37-18-9-10-22(30)23(31)12-18)11-21(29)20(24)14-25(32)27(34)35-4;1-2/h5-14H,15H2,1-4H3;1-2H3. The third-order valence-corrected chi connectivity index (χ3v) is 7.75. The van der Waals surface area contributed by atoms with E-state index in [1.807, 2.05) is 81.7 Å². The zero-order chi connectivity index (χ0) is 28.9. The van der Waals surface area contributed by atoms with Crippen LogP contribution >= 0.6 is 50.9 Å². The largest absolute Gasteiger partial charge is 0.464 e. The molecule has 0 bridgehead atoms. The van der Waals surface area contributed by atoms with Crippen LogP contribution in [0.25, 0.3) is 10.9 Å². The molecule has 0 fully saturated rings. The van der Waals surface area contributed by atoms with Gasteiger partial charge in [0, 0.05) is 26.2 Å². The van der Waals surface area contributed by atoms with Crippen LogP contribution < -0.4 is 0 Å². The predicted molar refractivity (Wildman–Crippen MR) is 164 cm³/mol. The number of rotatable bonds is 6. The molecule has 0 amide bonds. The highest BCUT2D eigenvalue weighted by atomic mass is 79.9. The van der Waals surface area contributed by atoms with Crippen LogP contribution in [0, 0.1) is 0 Å². The van der Waals surface area contributed by atoms with Gasteiger partial charge in [-0.25, -0.2) is 9.59 Å². The molecule has 0 N–H and O–H groups in total. The molecule has 0 saturated heterocycles. The zero-order valence-electron chi connectivity index (χ0n) is 22.6. The average Bonchev–Trinajstić information content (AvgIpc) is 3.25. The maximum Gasteiger partial charge on any atom is 0.354 e. The maximum atomic E-state index is 12.7. The van der Waals surface area contributed by atoms with Gasteiger partial charge in [-0.05, 0) is 74.9 Å². The highest BCUT2D eigenvalue weighted by Gasteiger charge is 2.20. The number of carbonyl (C=O) groups is 2. The molecule has 5 nitrogen and oxygen atoms in total. The van der Waals surface area contributed by atoms with Gasteiger partial charge in [0.05, 0.1) is 28.2 Å². The van der Waals surface area contributed by atoms with Crippen LogP contribution in [-0.4, -0.2) is 29.2 Å². The number of nitrogens with zero attached hydrogens (tertiary/aromatic N) is 1. The monoisotopic (exact) mass is 649 g/mol. The molecule has 0 aliphatic carbocycles. The second kappa shape index (κ2) is 13.3. The van der Waals surface area contributed by atoms with Gasteiger partial charge in [0.1, 0.15) is 11.3 Å². The minimum Gasteiger partial charge on any atom is -0.464 e. The van der Waals surface area contributed by atoms with Gasteiger partial charge in [-0.3, -0.25) is 0 Å². The van der Waals surface area contributed by atoms with E-state index in [4.69, 9.17) is 32.7 Å². The van der Waals surface area contributed by atoms with Crippen molar-refractivity contribution in [3.63, 3.8) is 0 Å². The second-order valence-corrected chi connectivity index (χ2v) is 12.1. The van der Waals surface area contributed by atoms with E-state index < -0.39 is 11.6 Å². The van der Waals surface area contributed by atoms with E-state index in [-0.39, 0.29) is 5.97 Å². The highest BCUT2D eigenvalue weighted by Crippen LogP contribution is 2.38. The van der Waals surface area contributed by atoms with Gasteiger partial charge in [0.2, 0.25) is 0 Å². The summed E-state index contributed by atoms with van der Waals surface area (Å²) in [5.41, 5.74) is 2.08. The Morgan fingerprint density at radius 3 is 2.15 bits per heavy atom. The lowest BCUT2D eigenvalue weighted by atomic mass is 10.1. The lowest BCUT2D eigenvalue weighted by molar-refractivity contribution is 0.00693. The molecule has 39 heavy (non-hydrogen) atoms. The molecule has 3 aromatic carbocycles. The first kappa shape index (κ1) is 31.1. The van der Waals surface area contributed by atoms with E-state index in [0.717, 1.165) is 30.7 Å². The Hall–Kier alpha value is -2.45.